The summed E-state index contributed by atoms with van der Waals surface area (Å²) < 4.78 is 0. The first-order valence-corrected chi connectivity index (χ1v) is 5.24. The summed E-state index contributed by atoms with van der Waals surface area (Å²) in [5.74, 6) is -1.10. The Morgan fingerprint density at radius 2 is 1.93 bits per heavy atom. The van der Waals surface area contributed by atoms with Gasteiger partial charge in [0.15, 0.2) is 0 Å². The Morgan fingerprint density at radius 3 is 2.40 bits per heavy atom. The van der Waals surface area contributed by atoms with Gasteiger partial charge in [-0.3, -0.25) is 9.59 Å². The lowest BCUT2D eigenvalue weighted by Crippen LogP contribution is -2.43. The third kappa shape index (κ3) is 2.81. The van der Waals surface area contributed by atoms with Crippen LogP contribution in [0.15, 0.2) is 12.7 Å². The average molecular weight is 211 g/mol. The molecule has 0 heterocycles. The number of aliphatic carboxylic acids is 1. The number of hydrogen-bond acceptors (Lipinski definition) is 2. The van der Waals surface area contributed by atoms with Gasteiger partial charge in [0.25, 0.3) is 0 Å². The quantitative estimate of drug-likeness (QED) is 0.689. The van der Waals surface area contributed by atoms with Gasteiger partial charge in [-0.2, -0.15) is 0 Å². The van der Waals surface area contributed by atoms with Crippen LogP contribution in [0.5, 0.6) is 0 Å². The zero-order valence-electron chi connectivity index (χ0n) is 8.79. The molecule has 0 aliphatic heterocycles. The van der Waals surface area contributed by atoms with Crippen molar-refractivity contribution >= 4 is 11.9 Å². The zero-order chi connectivity index (χ0) is 11.3. The number of rotatable bonds is 4. The van der Waals surface area contributed by atoms with E-state index in [4.69, 9.17) is 0 Å². The first-order valence-electron chi connectivity index (χ1n) is 5.24. The van der Waals surface area contributed by atoms with Gasteiger partial charge in [0, 0.05) is 6.54 Å². The first-order chi connectivity index (χ1) is 7.10. The van der Waals surface area contributed by atoms with Crippen molar-refractivity contribution in [3.05, 3.63) is 12.7 Å². The van der Waals surface area contributed by atoms with Crippen molar-refractivity contribution in [2.24, 2.45) is 5.41 Å². The maximum absolute atomic E-state index is 11.2. The molecule has 15 heavy (non-hydrogen) atoms. The third-order valence-electron chi connectivity index (χ3n) is 3.05. The molecular weight excluding hydrogens is 194 g/mol. The standard InChI is InChI=1S/C11H17NO3/c1-2-9(13)12-8-11(10(14)15)6-4-3-5-7-11/h2H,1,3-8H2,(H,12,13)(H,14,15). The van der Waals surface area contributed by atoms with Crippen molar-refractivity contribution in [3.63, 3.8) is 0 Å². The molecule has 1 amide bonds. The van der Waals surface area contributed by atoms with Gasteiger partial charge >= 0.3 is 5.97 Å². The summed E-state index contributed by atoms with van der Waals surface area (Å²) in [6.45, 7) is 3.55. The highest BCUT2D eigenvalue weighted by atomic mass is 16.4. The lowest BCUT2D eigenvalue weighted by Gasteiger charge is -2.32. The summed E-state index contributed by atoms with van der Waals surface area (Å²) >= 11 is 0. The van der Waals surface area contributed by atoms with Crippen LogP contribution in [0.4, 0.5) is 0 Å². The van der Waals surface area contributed by atoms with Crippen LogP contribution >= 0.6 is 0 Å². The predicted octanol–water partition coefficient (Wildman–Crippen LogP) is 1.32. The molecule has 1 fully saturated rings. The highest BCUT2D eigenvalue weighted by Gasteiger charge is 2.39. The minimum Gasteiger partial charge on any atom is -0.481 e. The fourth-order valence-electron chi connectivity index (χ4n) is 2.02. The minimum atomic E-state index is -0.799. The van der Waals surface area contributed by atoms with Crippen molar-refractivity contribution < 1.29 is 14.7 Å². The number of hydrogen-bond donors (Lipinski definition) is 2. The Balaban J connectivity index is 2.60. The normalized spacial score (nSPS) is 19.2. The number of nitrogens with one attached hydrogen (secondary N) is 1. The molecule has 0 spiro atoms. The van der Waals surface area contributed by atoms with Gasteiger partial charge in [0.1, 0.15) is 0 Å². The Hall–Kier alpha value is -1.32. The van der Waals surface area contributed by atoms with Gasteiger partial charge in [-0.25, -0.2) is 0 Å². The topological polar surface area (TPSA) is 66.4 Å². The number of carbonyl (C=O) groups is 2. The second-order valence-electron chi connectivity index (χ2n) is 4.07. The minimum absolute atomic E-state index is 0.215. The second kappa shape index (κ2) is 4.96. The molecule has 4 heteroatoms. The summed E-state index contributed by atoms with van der Waals surface area (Å²) in [4.78, 5) is 22.2. The van der Waals surface area contributed by atoms with Crippen LogP contribution in [0.2, 0.25) is 0 Å². The summed E-state index contributed by atoms with van der Waals surface area (Å²) in [5.41, 5.74) is -0.753. The molecular formula is C11H17NO3. The Morgan fingerprint density at radius 1 is 1.33 bits per heavy atom. The monoisotopic (exact) mass is 211 g/mol. The van der Waals surface area contributed by atoms with Crippen LogP contribution in [0.25, 0.3) is 0 Å². The Bertz CT molecular complexity index is 267. The van der Waals surface area contributed by atoms with Crippen molar-refractivity contribution in [2.45, 2.75) is 32.1 Å². The highest BCUT2D eigenvalue weighted by molar-refractivity contribution is 5.87. The molecule has 1 aliphatic rings. The molecule has 0 bridgehead atoms. The van der Waals surface area contributed by atoms with Crippen LogP contribution in [0.3, 0.4) is 0 Å². The van der Waals surface area contributed by atoms with Gasteiger partial charge in [-0.05, 0) is 18.9 Å². The van der Waals surface area contributed by atoms with Crippen molar-refractivity contribution in [1.29, 1.82) is 0 Å². The largest absolute Gasteiger partial charge is 0.481 e. The zero-order valence-corrected chi connectivity index (χ0v) is 8.79. The van der Waals surface area contributed by atoms with Crippen LogP contribution in [0.1, 0.15) is 32.1 Å². The fraction of sp³-hybridized carbons (Fsp3) is 0.636. The van der Waals surface area contributed by atoms with Gasteiger partial charge in [0.05, 0.1) is 5.41 Å². The van der Waals surface area contributed by atoms with E-state index in [1.54, 1.807) is 0 Å². The van der Waals surface area contributed by atoms with Gasteiger partial charge in [0.2, 0.25) is 5.91 Å². The smallest absolute Gasteiger partial charge is 0.311 e. The molecule has 0 radical (unpaired) electrons. The number of amides is 1. The number of carboxylic acids is 1. The lowest BCUT2D eigenvalue weighted by atomic mass is 9.74. The summed E-state index contributed by atoms with van der Waals surface area (Å²) in [7, 11) is 0. The van der Waals surface area contributed by atoms with Gasteiger partial charge < -0.3 is 10.4 Å². The van der Waals surface area contributed by atoms with Crippen molar-refractivity contribution in [3.8, 4) is 0 Å². The molecule has 2 N–H and O–H groups in total. The summed E-state index contributed by atoms with van der Waals surface area (Å²) in [6.07, 6.45) is 5.41. The van der Waals surface area contributed by atoms with E-state index in [0.29, 0.717) is 12.8 Å². The van der Waals surface area contributed by atoms with E-state index < -0.39 is 11.4 Å². The van der Waals surface area contributed by atoms with Crippen LogP contribution < -0.4 is 5.32 Å². The van der Waals surface area contributed by atoms with Crippen molar-refractivity contribution in [2.75, 3.05) is 6.54 Å². The molecule has 84 valence electrons. The molecule has 0 aromatic heterocycles. The van der Waals surface area contributed by atoms with E-state index in [1.165, 1.54) is 6.08 Å². The maximum atomic E-state index is 11.2. The molecule has 0 unspecified atom stereocenters. The SMILES string of the molecule is C=CC(=O)NCC1(C(=O)O)CCCCC1. The average Bonchev–Trinajstić information content (AvgIpc) is 2.27. The Labute approximate surface area is 89.4 Å². The third-order valence-corrected chi connectivity index (χ3v) is 3.05. The lowest BCUT2D eigenvalue weighted by molar-refractivity contribution is -0.150. The molecule has 0 aromatic carbocycles. The van der Waals surface area contributed by atoms with Crippen molar-refractivity contribution in [1.82, 2.24) is 5.32 Å². The number of carbonyl (C=O) groups excluding carboxylic acids is 1. The van der Waals surface area contributed by atoms with E-state index in [2.05, 4.69) is 11.9 Å². The van der Waals surface area contributed by atoms with Crippen LogP contribution in [-0.4, -0.2) is 23.5 Å². The van der Waals surface area contributed by atoms with Crippen LogP contribution in [0, 0.1) is 5.41 Å². The van der Waals surface area contributed by atoms with E-state index in [-0.39, 0.29) is 12.5 Å². The summed E-state index contributed by atoms with van der Waals surface area (Å²) in [5, 5.41) is 11.8. The summed E-state index contributed by atoms with van der Waals surface area (Å²) in [6, 6.07) is 0. The van der Waals surface area contributed by atoms with Gasteiger partial charge in [-0.15, -0.1) is 0 Å². The van der Waals surface area contributed by atoms with Crippen LogP contribution in [-0.2, 0) is 9.59 Å². The van der Waals surface area contributed by atoms with E-state index in [1.807, 2.05) is 0 Å². The Kier molecular flexibility index (Phi) is 3.88. The van der Waals surface area contributed by atoms with E-state index in [0.717, 1.165) is 19.3 Å². The first kappa shape index (κ1) is 11.8. The molecule has 0 aromatic rings. The second-order valence-corrected chi connectivity index (χ2v) is 4.07. The number of carboxylic acid groups (broad SMARTS) is 1. The van der Waals surface area contributed by atoms with E-state index >= 15 is 0 Å². The highest BCUT2D eigenvalue weighted by Crippen LogP contribution is 2.35. The molecule has 1 rings (SSSR count). The molecule has 1 aliphatic carbocycles. The molecule has 0 atom stereocenters. The fourth-order valence-corrected chi connectivity index (χ4v) is 2.02. The van der Waals surface area contributed by atoms with E-state index in [9.17, 15) is 14.7 Å². The molecule has 0 saturated heterocycles. The predicted molar refractivity (Wildman–Crippen MR) is 56.4 cm³/mol. The molecule has 1 saturated carbocycles. The van der Waals surface area contributed by atoms with Gasteiger partial charge in [-0.1, -0.05) is 25.8 Å². The maximum Gasteiger partial charge on any atom is 0.311 e. The molecule has 4 nitrogen and oxygen atoms in total.